The molecule has 1 aromatic rings. The summed E-state index contributed by atoms with van der Waals surface area (Å²) in [6, 6.07) is 6.86. The lowest BCUT2D eigenvalue weighted by molar-refractivity contribution is -0.137. The maximum Gasteiger partial charge on any atom is 0.313 e. The first-order valence-electron chi connectivity index (χ1n) is 6.79. The Balaban J connectivity index is 2.38. The SMILES string of the molecule is Cc1ccc(NC(=O)C(=O)NC(C)CCCC(=O)O)cc1. The summed E-state index contributed by atoms with van der Waals surface area (Å²) < 4.78 is 0. The van der Waals surface area contributed by atoms with Gasteiger partial charge in [-0.15, -0.1) is 0 Å². The van der Waals surface area contributed by atoms with Gasteiger partial charge in [0.1, 0.15) is 0 Å². The predicted octanol–water partition coefficient (Wildman–Crippen LogP) is 1.69. The molecule has 1 aromatic carbocycles. The van der Waals surface area contributed by atoms with Crippen LogP contribution in [-0.4, -0.2) is 28.9 Å². The largest absolute Gasteiger partial charge is 0.481 e. The number of carboxylic acids is 1. The van der Waals surface area contributed by atoms with Crippen molar-refractivity contribution < 1.29 is 19.5 Å². The number of carboxylic acid groups (broad SMARTS) is 1. The van der Waals surface area contributed by atoms with E-state index in [2.05, 4.69) is 10.6 Å². The van der Waals surface area contributed by atoms with Gasteiger partial charge in [0, 0.05) is 18.2 Å². The van der Waals surface area contributed by atoms with Crippen LogP contribution in [0.5, 0.6) is 0 Å². The maximum atomic E-state index is 11.7. The fraction of sp³-hybridized carbons (Fsp3) is 0.400. The van der Waals surface area contributed by atoms with Crippen LogP contribution in [0, 0.1) is 6.92 Å². The van der Waals surface area contributed by atoms with Gasteiger partial charge in [0.2, 0.25) is 0 Å². The molecule has 0 spiro atoms. The van der Waals surface area contributed by atoms with Crippen LogP contribution < -0.4 is 10.6 Å². The smallest absolute Gasteiger partial charge is 0.313 e. The van der Waals surface area contributed by atoms with E-state index in [9.17, 15) is 14.4 Å². The zero-order valence-corrected chi connectivity index (χ0v) is 12.2. The molecule has 0 aliphatic rings. The molecule has 114 valence electrons. The lowest BCUT2D eigenvalue weighted by Gasteiger charge is -2.13. The van der Waals surface area contributed by atoms with Gasteiger partial charge in [-0.3, -0.25) is 14.4 Å². The van der Waals surface area contributed by atoms with Crippen molar-refractivity contribution in [3.8, 4) is 0 Å². The number of carbonyl (C=O) groups is 3. The molecule has 0 fully saturated rings. The minimum absolute atomic E-state index is 0.0514. The normalized spacial score (nSPS) is 11.5. The molecule has 6 nitrogen and oxygen atoms in total. The molecule has 0 saturated heterocycles. The highest BCUT2D eigenvalue weighted by molar-refractivity contribution is 6.39. The number of nitrogens with one attached hydrogen (secondary N) is 2. The van der Waals surface area contributed by atoms with E-state index in [4.69, 9.17) is 5.11 Å². The van der Waals surface area contributed by atoms with Crippen LogP contribution in [0.1, 0.15) is 31.7 Å². The molecule has 0 saturated carbocycles. The number of aryl methyl sites for hydroxylation is 1. The molecule has 0 heterocycles. The number of amides is 2. The van der Waals surface area contributed by atoms with E-state index in [0.717, 1.165) is 5.56 Å². The monoisotopic (exact) mass is 292 g/mol. The van der Waals surface area contributed by atoms with E-state index in [1.807, 2.05) is 19.1 Å². The Morgan fingerprint density at radius 3 is 2.33 bits per heavy atom. The fourth-order valence-electron chi connectivity index (χ4n) is 1.75. The van der Waals surface area contributed by atoms with Crippen LogP contribution in [-0.2, 0) is 14.4 Å². The average molecular weight is 292 g/mol. The van der Waals surface area contributed by atoms with Gasteiger partial charge in [-0.25, -0.2) is 0 Å². The number of hydrogen-bond acceptors (Lipinski definition) is 3. The molecule has 3 N–H and O–H groups in total. The van der Waals surface area contributed by atoms with Crippen molar-refractivity contribution in [1.29, 1.82) is 0 Å². The van der Waals surface area contributed by atoms with Gasteiger partial charge in [-0.05, 0) is 38.8 Å². The standard InChI is InChI=1S/C15H20N2O4/c1-10-6-8-12(9-7-10)17-15(21)14(20)16-11(2)4-3-5-13(18)19/h6-9,11H,3-5H2,1-2H3,(H,16,20)(H,17,21)(H,18,19). The first-order chi connectivity index (χ1) is 9.88. The lowest BCUT2D eigenvalue weighted by atomic mass is 10.1. The molecule has 2 amide bonds. The van der Waals surface area contributed by atoms with E-state index in [1.54, 1.807) is 19.1 Å². The van der Waals surface area contributed by atoms with Crippen LogP contribution in [0.25, 0.3) is 0 Å². The van der Waals surface area contributed by atoms with Crippen LogP contribution in [0.3, 0.4) is 0 Å². The number of rotatable bonds is 6. The summed E-state index contributed by atoms with van der Waals surface area (Å²) in [5, 5.41) is 13.6. The van der Waals surface area contributed by atoms with E-state index in [0.29, 0.717) is 18.5 Å². The molecular formula is C15H20N2O4. The molecule has 1 unspecified atom stereocenters. The van der Waals surface area contributed by atoms with Crippen molar-refractivity contribution in [2.45, 2.75) is 39.2 Å². The van der Waals surface area contributed by atoms with Gasteiger partial charge >= 0.3 is 17.8 Å². The third-order valence-corrected chi connectivity index (χ3v) is 2.92. The summed E-state index contributed by atoms with van der Waals surface area (Å²) in [5.41, 5.74) is 1.61. The first-order valence-corrected chi connectivity index (χ1v) is 6.79. The summed E-state index contributed by atoms with van der Waals surface area (Å²) in [6.45, 7) is 3.66. The van der Waals surface area contributed by atoms with Gasteiger partial charge in [-0.2, -0.15) is 0 Å². The quantitative estimate of drug-likeness (QED) is 0.695. The Labute approximate surface area is 123 Å². The third-order valence-electron chi connectivity index (χ3n) is 2.92. The Morgan fingerprint density at radius 1 is 1.14 bits per heavy atom. The molecule has 0 aliphatic heterocycles. The van der Waals surface area contributed by atoms with Gasteiger partial charge < -0.3 is 15.7 Å². The summed E-state index contributed by atoms with van der Waals surface area (Å²) in [7, 11) is 0. The van der Waals surface area contributed by atoms with Gasteiger partial charge in [0.25, 0.3) is 0 Å². The van der Waals surface area contributed by atoms with Crippen molar-refractivity contribution in [3.63, 3.8) is 0 Å². The van der Waals surface area contributed by atoms with E-state index in [-0.39, 0.29) is 12.5 Å². The summed E-state index contributed by atoms with van der Waals surface area (Å²) in [5.74, 6) is -2.33. The number of aliphatic carboxylic acids is 1. The minimum atomic E-state index is -0.870. The van der Waals surface area contributed by atoms with E-state index in [1.165, 1.54) is 0 Å². The van der Waals surface area contributed by atoms with Crippen LogP contribution in [0.4, 0.5) is 5.69 Å². The Morgan fingerprint density at radius 2 is 1.76 bits per heavy atom. The van der Waals surface area contributed by atoms with Crippen LogP contribution >= 0.6 is 0 Å². The van der Waals surface area contributed by atoms with Crippen molar-refractivity contribution in [3.05, 3.63) is 29.8 Å². The molecule has 0 bridgehead atoms. The second kappa shape index (κ2) is 8.04. The molecule has 21 heavy (non-hydrogen) atoms. The lowest BCUT2D eigenvalue weighted by Crippen LogP contribution is -2.40. The second-order valence-corrected chi connectivity index (χ2v) is 4.98. The van der Waals surface area contributed by atoms with Crippen LogP contribution in [0.2, 0.25) is 0 Å². The van der Waals surface area contributed by atoms with Crippen molar-refractivity contribution in [1.82, 2.24) is 5.32 Å². The number of anilines is 1. The number of carbonyl (C=O) groups excluding carboxylic acids is 2. The Kier molecular flexibility index (Phi) is 6.39. The third kappa shape index (κ3) is 6.56. The number of hydrogen-bond donors (Lipinski definition) is 3. The summed E-state index contributed by atoms with van der Waals surface area (Å²) in [4.78, 5) is 33.8. The molecule has 1 rings (SSSR count). The molecule has 0 radical (unpaired) electrons. The maximum absolute atomic E-state index is 11.7. The van der Waals surface area contributed by atoms with Crippen molar-refractivity contribution in [2.75, 3.05) is 5.32 Å². The second-order valence-electron chi connectivity index (χ2n) is 4.98. The topological polar surface area (TPSA) is 95.5 Å². The zero-order valence-electron chi connectivity index (χ0n) is 12.2. The molecular weight excluding hydrogens is 272 g/mol. The Bertz CT molecular complexity index is 511. The molecule has 0 aliphatic carbocycles. The predicted molar refractivity (Wildman–Crippen MR) is 78.9 cm³/mol. The summed E-state index contributed by atoms with van der Waals surface area (Å²) in [6.07, 6.45) is 1.02. The van der Waals surface area contributed by atoms with Gasteiger partial charge in [0.15, 0.2) is 0 Å². The highest BCUT2D eigenvalue weighted by Gasteiger charge is 2.16. The zero-order chi connectivity index (χ0) is 15.8. The summed E-state index contributed by atoms with van der Waals surface area (Å²) >= 11 is 0. The molecule has 6 heteroatoms. The van der Waals surface area contributed by atoms with E-state index < -0.39 is 17.8 Å². The average Bonchev–Trinajstić information content (AvgIpc) is 2.40. The van der Waals surface area contributed by atoms with Gasteiger partial charge in [-0.1, -0.05) is 17.7 Å². The van der Waals surface area contributed by atoms with Crippen molar-refractivity contribution >= 4 is 23.5 Å². The molecule has 1 atom stereocenters. The fourth-order valence-corrected chi connectivity index (χ4v) is 1.75. The molecule has 0 aromatic heterocycles. The Hall–Kier alpha value is -2.37. The highest BCUT2D eigenvalue weighted by atomic mass is 16.4. The van der Waals surface area contributed by atoms with Crippen molar-refractivity contribution in [2.24, 2.45) is 0 Å². The van der Waals surface area contributed by atoms with E-state index >= 15 is 0 Å². The highest BCUT2D eigenvalue weighted by Crippen LogP contribution is 2.08. The number of benzene rings is 1. The first kappa shape index (κ1) is 16.7. The van der Waals surface area contributed by atoms with Gasteiger partial charge in [0.05, 0.1) is 0 Å². The van der Waals surface area contributed by atoms with Crippen LogP contribution in [0.15, 0.2) is 24.3 Å². The minimum Gasteiger partial charge on any atom is -0.481 e.